The first-order chi connectivity index (χ1) is 7.92. The molecule has 0 saturated carbocycles. The van der Waals surface area contributed by atoms with Gasteiger partial charge in [-0.25, -0.2) is 4.98 Å². The number of hydrogen-bond donors (Lipinski definition) is 1. The normalized spacial score (nSPS) is 20.1. The molecule has 2 aromatic rings. The van der Waals surface area contributed by atoms with Crippen molar-refractivity contribution in [2.24, 2.45) is 0 Å². The minimum atomic E-state index is 0.172. The van der Waals surface area contributed by atoms with Crippen LogP contribution in [0, 0.1) is 0 Å². The van der Waals surface area contributed by atoms with Crippen LogP contribution in [0.15, 0.2) is 23.8 Å². The largest absolute Gasteiger partial charge is 0.464 e. The van der Waals surface area contributed by atoms with E-state index in [1.807, 2.05) is 23.8 Å². The van der Waals surface area contributed by atoms with Gasteiger partial charge in [0.25, 0.3) is 5.19 Å². The Morgan fingerprint density at radius 1 is 1.56 bits per heavy atom. The molecule has 0 amide bonds. The number of nitrogens with zero attached hydrogens (tertiary/aromatic N) is 1. The first-order valence-electron chi connectivity index (χ1n) is 5.25. The molecule has 0 aliphatic carbocycles. The van der Waals surface area contributed by atoms with Crippen molar-refractivity contribution >= 4 is 11.3 Å². The van der Waals surface area contributed by atoms with Crippen molar-refractivity contribution in [3.8, 4) is 16.5 Å². The van der Waals surface area contributed by atoms with E-state index in [4.69, 9.17) is 9.47 Å². The summed E-state index contributed by atoms with van der Waals surface area (Å²) in [6, 6.07) is 2.00. The fourth-order valence-corrected chi connectivity index (χ4v) is 2.42. The molecule has 1 saturated heterocycles. The second-order valence-electron chi connectivity index (χ2n) is 3.70. The van der Waals surface area contributed by atoms with E-state index in [1.54, 1.807) is 0 Å². The third-order valence-electron chi connectivity index (χ3n) is 2.53. The van der Waals surface area contributed by atoms with Crippen LogP contribution in [0.25, 0.3) is 11.3 Å². The molecule has 0 aromatic carbocycles. The van der Waals surface area contributed by atoms with E-state index in [9.17, 15) is 0 Å². The van der Waals surface area contributed by atoms with Gasteiger partial charge in [-0.1, -0.05) is 11.3 Å². The summed E-state index contributed by atoms with van der Waals surface area (Å²) in [5.41, 5.74) is 2.05. The fourth-order valence-electron chi connectivity index (χ4n) is 1.68. The molecule has 1 fully saturated rings. The van der Waals surface area contributed by atoms with Gasteiger partial charge in [-0.15, -0.1) is 0 Å². The first kappa shape index (κ1) is 9.86. The quantitative estimate of drug-likeness (QED) is 0.889. The van der Waals surface area contributed by atoms with Crippen molar-refractivity contribution in [1.82, 2.24) is 9.97 Å². The van der Waals surface area contributed by atoms with Crippen LogP contribution in [0.3, 0.4) is 0 Å². The van der Waals surface area contributed by atoms with Gasteiger partial charge in [-0.3, -0.25) is 0 Å². The maximum atomic E-state index is 5.73. The Morgan fingerprint density at radius 3 is 3.31 bits per heavy atom. The third-order valence-corrected chi connectivity index (χ3v) is 3.26. The van der Waals surface area contributed by atoms with Gasteiger partial charge in [0.1, 0.15) is 6.10 Å². The smallest absolute Gasteiger partial charge is 0.274 e. The first-order valence-corrected chi connectivity index (χ1v) is 6.13. The summed E-state index contributed by atoms with van der Waals surface area (Å²) in [6.45, 7) is 1.47. The highest BCUT2D eigenvalue weighted by Gasteiger charge is 2.18. The van der Waals surface area contributed by atoms with Gasteiger partial charge in [0, 0.05) is 29.8 Å². The maximum absolute atomic E-state index is 5.73. The van der Waals surface area contributed by atoms with Gasteiger partial charge in [-0.05, 0) is 6.07 Å². The molecule has 5 heteroatoms. The summed E-state index contributed by atoms with van der Waals surface area (Å²) < 4.78 is 11.0. The topological polar surface area (TPSA) is 47.1 Å². The summed E-state index contributed by atoms with van der Waals surface area (Å²) in [6.07, 6.45) is 4.95. The van der Waals surface area contributed by atoms with Crippen LogP contribution < -0.4 is 4.74 Å². The Labute approximate surface area is 97.2 Å². The number of hydrogen-bond acceptors (Lipinski definition) is 4. The lowest BCUT2D eigenvalue weighted by atomic mass is 10.3. The monoisotopic (exact) mass is 236 g/mol. The molecular formula is C11H12N2O2S. The molecule has 0 bridgehead atoms. The summed E-state index contributed by atoms with van der Waals surface area (Å²) in [5, 5.41) is 2.74. The second-order valence-corrected chi connectivity index (χ2v) is 4.52. The van der Waals surface area contributed by atoms with Crippen LogP contribution in [-0.2, 0) is 4.74 Å². The molecule has 1 unspecified atom stereocenters. The number of thiazole rings is 1. The van der Waals surface area contributed by atoms with E-state index in [0.717, 1.165) is 29.5 Å². The number of aromatic amines is 1. The van der Waals surface area contributed by atoms with Crippen molar-refractivity contribution in [3.05, 3.63) is 23.8 Å². The molecular weight excluding hydrogens is 224 g/mol. The zero-order chi connectivity index (χ0) is 10.8. The number of aromatic nitrogens is 2. The lowest BCUT2D eigenvalue weighted by molar-refractivity contribution is 0.141. The van der Waals surface area contributed by atoms with Gasteiger partial charge >= 0.3 is 0 Å². The second kappa shape index (κ2) is 4.27. The molecule has 0 radical (unpaired) electrons. The zero-order valence-electron chi connectivity index (χ0n) is 8.68. The minimum absolute atomic E-state index is 0.172. The van der Waals surface area contributed by atoms with Gasteiger partial charge < -0.3 is 14.5 Å². The minimum Gasteiger partial charge on any atom is -0.464 e. The SMILES string of the molecule is c1cc(-c2csc(OC3CCOC3)n2)c[nH]1. The fraction of sp³-hybridized carbons (Fsp3) is 0.364. The van der Waals surface area contributed by atoms with Gasteiger partial charge in [0.2, 0.25) is 0 Å². The van der Waals surface area contributed by atoms with Crippen LogP contribution in [0.4, 0.5) is 0 Å². The van der Waals surface area contributed by atoms with Crippen LogP contribution in [-0.4, -0.2) is 29.3 Å². The molecule has 3 heterocycles. The summed E-state index contributed by atoms with van der Waals surface area (Å²) in [7, 11) is 0. The van der Waals surface area contributed by atoms with Crippen LogP contribution in [0.5, 0.6) is 5.19 Å². The summed E-state index contributed by atoms with van der Waals surface area (Å²) in [4.78, 5) is 7.45. The maximum Gasteiger partial charge on any atom is 0.274 e. The standard InChI is InChI=1S/C11H12N2O2S/c1-3-12-5-8(1)10-7-16-11(13-10)15-9-2-4-14-6-9/h1,3,5,7,9,12H,2,4,6H2. The Balaban J connectivity index is 1.72. The number of H-pyrrole nitrogens is 1. The van der Waals surface area contributed by atoms with Crippen LogP contribution >= 0.6 is 11.3 Å². The predicted octanol–water partition coefficient (Wildman–Crippen LogP) is 2.31. The molecule has 4 nitrogen and oxygen atoms in total. The molecule has 1 atom stereocenters. The van der Waals surface area contributed by atoms with Crippen molar-refractivity contribution in [3.63, 3.8) is 0 Å². The summed E-state index contributed by atoms with van der Waals surface area (Å²) in [5.74, 6) is 0. The summed E-state index contributed by atoms with van der Waals surface area (Å²) >= 11 is 1.53. The number of rotatable bonds is 3. The van der Waals surface area contributed by atoms with Crippen molar-refractivity contribution < 1.29 is 9.47 Å². The van der Waals surface area contributed by atoms with E-state index < -0.39 is 0 Å². The average Bonchev–Trinajstić information content (AvgIpc) is 2.99. The number of ether oxygens (including phenoxy) is 2. The zero-order valence-corrected chi connectivity index (χ0v) is 9.50. The molecule has 84 valence electrons. The van der Waals surface area contributed by atoms with E-state index >= 15 is 0 Å². The Hall–Kier alpha value is -1.33. The molecule has 1 aliphatic heterocycles. The molecule has 0 spiro atoms. The average molecular weight is 236 g/mol. The predicted molar refractivity (Wildman–Crippen MR) is 61.8 cm³/mol. The molecule has 16 heavy (non-hydrogen) atoms. The Bertz CT molecular complexity index is 446. The highest BCUT2D eigenvalue weighted by Crippen LogP contribution is 2.27. The molecule has 1 aliphatic rings. The van der Waals surface area contributed by atoms with Crippen molar-refractivity contribution in [2.45, 2.75) is 12.5 Å². The van der Waals surface area contributed by atoms with E-state index in [2.05, 4.69) is 9.97 Å². The molecule has 3 rings (SSSR count). The Kier molecular flexibility index (Phi) is 2.63. The Morgan fingerprint density at radius 2 is 2.56 bits per heavy atom. The van der Waals surface area contributed by atoms with Crippen molar-refractivity contribution in [2.75, 3.05) is 13.2 Å². The lowest BCUT2D eigenvalue weighted by Crippen LogP contribution is -2.15. The van der Waals surface area contributed by atoms with Crippen molar-refractivity contribution in [1.29, 1.82) is 0 Å². The van der Waals surface area contributed by atoms with Gasteiger partial charge in [-0.2, -0.15) is 0 Å². The van der Waals surface area contributed by atoms with Gasteiger partial charge in [0.05, 0.1) is 18.9 Å². The molecule has 1 N–H and O–H groups in total. The highest BCUT2D eigenvalue weighted by atomic mass is 32.1. The van der Waals surface area contributed by atoms with Crippen LogP contribution in [0.1, 0.15) is 6.42 Å². The third kappa shape index (κ3) is 1.96. The molecule has 2 aromatic heterocycles. The van der Waals surface area contributed by atoms with E-state index in [-0.39, 0.29) is 6.10 Å². The van der Waals surface area contributed by atoms with E-state index in [1.165, 1.54) is 11.3 Å². The van der Waals surface area contributed by atoms with Crippen LogP contribution in [0.2, 0.25) is 0 Å². The van der Waals surface area contributed by atoms with Gasteiger partial charge in [0.15, 0.2) is 0 Å². The number of nitrogens with one attached hydrogen (secondary N) is 1. The van der Waals surface area contributed by atoms with E-state index in [0.29, 0.717) is 6.61 Å². The highest BCUT2D eigenvalue weighted by molar-refractivity contribution is 7.11. The lowest BCUT2D eigenvalue weighted by Gasteiger charge is -2.07.